The molecule has 1 unspecified atom stereocenters. The number of nitrogens with one attached hydrogen (secondary N) is 2. The first kappa shape index (κ1) is 18.3. The molecule has 128 valence electrons. The second-order valence-electron chi connectivity index (χ2n) is 5.75. The van der Waals surface area contributed by atoms with Crippen LogP contribution in [0.25, 0.3) is 0 Å². The zero-order chi connectivity index (χ0) is 17.4. The van der Waals surface area contributed by atoms with E-state index < -0.39 is 0 Å². The SMILES string of the molecule is CCc1ccccc1NC(=O)C[NH+](C)CCOc1ccc(Cl)cc1. The van der Waals surface area contributed by atoms with Gasteiger partial charge in [-0.15, -0.1) is 0 Å². The molecule has 0 saturated carbocycles. The molecule has 0 heterocycles. The van der Waals surface area contributed by atoms with Crippen molar-refractivity contribution < 1.29 is 14.4 Å². The summed E-state index contributed by atoms with van der Waals surface area (Å²) in [5.74, 6) is 0.799. The summed E-state index contributed by atoms with van der Waals surface area (Å²) < 4.78 is 5.66. The van der Waals surface area contributed by atoms with Gasteiger partial charge in [0.05, 0.1) is 7.05 Å². The van der Waals surface area contributed by atoms with Crippen LogP contribution in [-0.4, -0.2) is 32.7 Å². The summed E-state index contributed by atoms with van der Waals surface area (Å²) in [5.41, 5.74) is 2.05. The van der Waals surface area contributed by atoms with E-state index in [-0.39, 0.29) is 5.91 Å². The van der Waals surface area contributed by atoms with Crippen LogP contribution in [0.2, 0.25) is 5.02 Å². The lowest BCUT2D eigenvalue weighted by molar-refractivity contribution is -0.871. The molecule has 0 aliphatic rings. The lowest BCUT2D eigenvalue weighted by Crippen LogP contribution is -3.10. The summed E-state index contributed by atoms with van der Waals surface area (Å²) in [5, 5.41) is 3.68. The van der Waals surface area contributed by atoms with Crippen molar-refractivity contribution in [3.63, 3.8) is 0 Å². The van der Waals surface area contributed by atoms with Crippen molar-refractivity contribution >= 4 is 23.2 Å². The highest BCUT2D eigenvalue weighted by atomic mass is 35.5. The Morgan fingerprint density at radius 3 is 2.58 bits per heavy atom. The molecule has 1 atom stereocenters. The topological polar surface area (TPSA) is 42.8 Å². The molecule has 0 fully saturated rings. The minimum atomic E-state index is 0.0138. The van der Waals surface area contributed by atoms with Gasteiger partial charge in [0.25, 0.3) is 5.91 Å². The average Bonchev–Trinajstić information content (AvgIpc) is 2.57. The molecular weight excluding hydrogens is 324 g/mol. The fourth-order valence-corrected chi connectivity index (χ4v) is 2.51. The lowest BCUT2D eigenvalue weighted by atomic mass is 10.1. The predicted octanol–water partition coefficient (Wildman–Crippen LogP) is 2.43. The number of carbonyl (C=O) groups excluding carboxylic acids is 1. The number of carbonyl (C=O) groups is 1. The molecule has 1 amide bonds. The van der Waals surface area contributed by atoms with Crippen LogP contribution in [0.4, 0.5) is 5.69 Å². The van der Waals surface area contributed by atoms with E-state index in [1.807, 2.05) is 43.4 Å². The Morgan fingerprint density at radius 2 is 1.88 bits per heavy atom. The number of benzene rings is 2. The lowest BCUT2D eigenvalue weighted by Gasteiger charge is -2.15. The van der Waals surface area contributed by atoms with Crippen LogP contribution in [0.5, 0.6) is 5.75 Å². The van der Waals surface area contributed by atoms with Crippen LogP contribution >= 0.6 is 11.6 Å². The summed E-state index contributed by atoms with van der Waals surface area (Å²) in [6, 6.07) is 15.2. The predicted molar refractivity (Wildman–Crippen MR) is 98.0 cm³/mol. The number of likely N-dealkylation sites (N-methyl/N-ethyl adjacent to an activating group) is 1. The van der Waals surface area contributed by atoms with Gasteiger partial charge in [0.2, 0.25) is 0 Å². The Labute approximate surface area is 148 Å². The van der Waals surface area contributed by atoms with E-state index in [1.165, 1.54) is 0 Å². The van der Waals surface area contributed by atoms with Crippen molar-refractivity contribution in [3.05, 3.63) is 59.1 Å². The summed E-state index contributed by atoms with van der Waals surface area (Å²) in [6.45, 7) is 3.77. The third-order valence-electron chi connectivity index (χ3n) is 3.75. The maximum atomic E-state index is 12.2. The van der Waals surface area contributed by atoms with Crippen LogP contribution in [0.3, 0.4) is 0 Å². The molecule has 0 aliphatic heterocycles. The number of hydrogen-bond acceptors (Lipinski definition) is 2. The van der Waals surface area contributed by atoms with Crippen molar-refractivity contribution in [1.82, 2.24) is 0 Å². The zero-order valence-electron chi connectivity index (χ0n) is 14.1. The number of anilines is 1. The fourth-order valence-electron chi connectivity index (χ4n) is 2.38. The third kappa shape index (κ3) is 5.87. The minimum absolute atomic E-state index is 0.0138. The van der Waals surface area contributed by atoms with E-state index in [0.717, 1.165) is 34.9 Å². The monoisotopic (exact) mass is 347 g/mol. The number of ether oxygens (including phenoxy) is 1. The molecule has 4 nitrogen and oxygen atoms in total. The van der Waals surface area contributed by atoms with E-state index in [1.54, 1.807) is 12.1 Å². The van der Waals surface area contributed by atoms with Gasteiger partial charge < -0.3 is 15.0 Å². The molecule has 2 aromatic carbocycles. The van der Waals surface area contributed by atoms with Crippen LogP contribution < -0.4 is 15.0 Å². The first-order chi connectivity index (χ1) is 11.6. The van der Waals surface area contributed by atoms with E-state index in [4.69, 9.17) is 16.3 Å². The van der Waals surface area contributed by atoms with Gasteiger partial charge in [-0.25, -0.2) is 0 Å². The van der Waals surface area contributed by atoms with Crippen LogP contribution in [0.1, 0.15) is 12.5 Å². The van der Waals surface area contributed by atoms with Crippen molar-refractivity contribution in [1.29, 1.82) is 0 Å². The van der Waals surface area contributed by atoms with Gasteiger partial charge in [-0.3, -0.25) is 4.79 Å². The number of quaternary nitrogens is 1. The van der Waals surface area contributed by atoms with Gasteiger partial charge in [0, 0.05) is 10.7 Å². The molecule has 0 saturated heterocycles. The molecule has 0 radical (unpaired) electrons. The van der Waals surface area contributed by atoms with E-state index >= 15 is 0 Å². The maximum absolute atomic E-state index is 12.2. The number of rotatable bonds is 8. The molecule has 2 N–H and O–H groups in total. The first-order valence-corrected chi connectivity index (χ1v) is 8.53. The van der Waals surface area contributed by atoms with E-state index in [2.05, 4.69) is 12.2 Å². The van der Waals surface area contributed by atoms with Gasteiger partial charge in [0.15, 0.2) is 6.54 Å². The largest absolute Gasteiger partial charge is 0.488 e. The van der Waals surface area contributed by atoms with E-state index in [0.29, 0.717) is 18.2 Å². The summed E-state index contributed by atoms with van der Waals surface area (Å²) in [4.78, 5) is 13.3. The van der Waals surface area contributed by atoms with E-state index in [9.17, 15) is 4.79 Å². The summed E-state index contributed by atoms with van der Waals surface area (Å²) in [6.07, 6.45) is 0.897. The Bertz CT molecular complexity index is 659. The fraction of sp³-hybridized carbons (Fsp3) is 0.316. The van der Waals surface area contributed by atoms with Crippen LogP contribution in [0, 0.1) is 0 Å². The number of para-hydroxylation sites is 1. The third-order valence-corrected chi connectivity index (χ3v) is 4.00. The van der Waals surface area contributed by atoms with Crippen LogP contribution in [-0.2, 0) is 11.2 Å². The molecular formula is C19H24ClN2O2+. The van der Waals surface area contributed by atoms with Gasteiger partial charge in [-0.1, -0.05) is 36.7 Å². The van der Waals surface area contributed by atoms with Crippen LogP contribution in [0.15, 0.2) is 48.5 Å². The number of amides is 1. The second-order valence-corrected chi connectivity index (χ2v) is 6.18. The summed E-state index contributed by atoms with van der Waals surface area (Å²) >= 11 is 5.84. The number of aryl methyl sites for hydroxylation is 1. The smallest absolute Gasteiger partial charge is 0.279 e. The normalized spacial score (nSPS) is 11.8. The maximum Gasteiger partial charge on any atom is 0.279 e. The molecule has 0 bridgehead atoms. The molecule has 0 spiro atoms. The van der Waals surface area contributed by atoms with Gasteiger partial charge in [-0.2, -0.15) is 0 Å². The first-order valence-electron chi connectivity index (χ1n) is 8.16. The van der Waals surface area contributed by atoms with Gasteiger partial charge in [-0.05, 0) is 42.3 Å². The van der Waals surface area contributed by atoms with Gasteiger partial charge in [0.1, 0.15) is 18.9 Å². The average molecular weight is 348 g/mol. The molecule has 5 heteroatoms. The Morgan fingerprint density at radius 1 is 1.17 bits per heavy atom. The molecule has 2 rings (SSSR count). The molecule has 0 aliphatic carbocycles. The Kier molecular flexibility index (Phi) is 7.09. The Hall–Kier alpha value is -2.04. The van der Waals surface area contributed by atoms with Crippen molar-refractivity contribution in [2.75, 3.05) is 32.1 Å². The standard InChI is InChI=1S/C19H23ClN2O2/c1-3-15-6-4-5-7-18(15)21-19(23)14-22(2)12-13-24-17-10-8-16(20)9-11-17/h4-11H,3,12-14H2,1-2H3,(H,21,23)/p+1. The molecule has 0 aromatic heterocycles. The highest BCUT2D eigenvalue weighted by Gasteiger charge is 2.11. The molecule has 2 aromatic rings. The molecule has 24 heavy (non-hydrogen) atoms. The number of halogens is 1. The second kappa shape index (κ2) is 9.30. The summed E-state index contributed by atoms with van der Waals surface area (Å²) in [7, 11) is 1.98. The zero-order valence-corrected chi connectivity index (χ0v) is 14.9. The Balaban J connectivity index is 1.74. The minimum Gasteiger partial charge on any atom is -0.488 e. The van der Waals surface area contributed by atoms with Gasteiger partial charge >= 0.3 is 0 Å². The highest BCUT2D eigenvalue weighted by Crippen LogP contribution is 2.15. The van der Waals surface area contributed by atoms with Crippen molar-refractivity contribution in [2.45, 2.75) is 13.3 Å². The van der Waals surface area contributed by atoms with Crippen molar-refractivity contribution in [2.24, 2.45) is 0 Å². The number of hydrogen-bond donors (Lipinski definition) is 2. The quantitative estimate of drug-likeness (QED) is 0.770. The highest BCUT2D eigenvalue weighted by molar-refractivity contribution is 6.30. The van der Waals surface area contributed by atoms with Crippen molar-refractivity contribution in [3.8, 4) is 5.75 Å².